The van der Waals surface area contributed by atoms with Crippen molar-refractivity contribution < 1.29 is 14.6 Å². The van der Waals surface area contributed by atoms with Crippen molar-refractivity contribution in [1.82, 2.24) is 0 Å². The van der Waals surface area contributed by atoms with Gasteiger partial charge < -0.3 is 0 Å². The highest BCUT2D eigenvalue weighted by molar-refractivity contribution is 7.94. The first-order valence-electron chi connectivity index (χ1n) is 3.45. The largest absolute Gasteiger partial charge is 0.220 e. The fourth-order valence-electron chi connectivity index (χ4n) is 1.04. The lowest BCUT2D eigenvalue weighted by molar-refractivity contribution is -0.432. The van der Waals surface area contributed by atoms with Crippen molar-refractivity contribution in [2.75, 3.05) is 0 Å². The van der Waals surface area contributed by atoms with E-state index in [-0.39, 0.29) is 0 Å². The SMILES string of the molecule is Cc1cc(C)cc(SOOO)c1. The molecule has 0 aliphatic carbocycles. The molecule has 0 atom stereocenters. The molecule has 0 saturated heterocycles. The molecule has 66 valence electrons. The van der Waals surface area contributed by atoms with Gasteiger partial charge in [0.1, 0.15) is 0 Å². The maximum absolute atomic E-state index is 7.92. The van der Waals surface area contributed by atoms with Crippen LogP contribution in [0.4, 0.5) is 0 Å². The Morgan fingerprint density at radius 3 is 2.25 bits per heavy atom. The van der Waals surface area contributed by atoms with E-state index in [1.54, 1.807) is 0 Å². The van der Waals surface area contributed by atoms with Crippen LogP contribution in [0.3, 0.4) is 0 Å². The Balaban J connectivity index is 2.72. The maximum atomic E-state index is 7.92. The minimum absolute atomic E-state index is 0.904. The predicted molar refractivity (Wildman–Crippen MR) is 46.6 cm³/mol. The van der Waals surface area contributed by atoms with E-state index >= 15 is 0 Å². The summed E-state index contributed by atoms with van der Waals surface area (Å²) in [5.74, 6) is 0. The average molecular weight is 186 g/mol. The fourth-order valence-corrected chi connectivity index (χ4v) is 1.61. The van der Waals surface area contributed by atoms with Crippen LogP contribution in [-0.2, 0) is 9.37 Å². The van der Waals surface area contributed by atoms with Crippen molar-refractivity contribution in [3.05, 3.63) is 29.3 Å². The average Bonchev–Trinajstić information content (AvgIpc) is 1.99. The lowest BCUT2D eigenvalue weighted by atomic mass is 10.2. The normalized spacial score (nSPS) is 10.2. The third kappa shape index (κ3) is 2.83. The molecule has 12 heavy (non-hydrogen) atoms. The van der Waals surface area contributed by atoms with Crippen LogP contribution in [0.1, 0.15) is 11.1 Å². The molecule has 3 nitrogen and oxygen atoms in total. The van der Waals surface area contributed by atoms with Gasteiger partial charge in [-0.1, -0.05) is 11.1 Å². The molecule has 0 unspecified atom stereocenters. The van der Waals surface area contributed by atoms with Crippen molar-refractivity contribution in [2.24, 2.45) is 0 Å². The number of hydrogen-bond acceptors (Lipinski definition) is 4. The molecule has 0 aliphatic rings. The second-order valence-electron chi connectivity index (χ2n) is 2.55. The quantitative estimate of drug-likeness (QED) is 0.447. The van der Waals surface area contributed by atoms with Crippen molar-refractivity contribution in [2.45, 2.75) is 18.7 Å². The van der Waals surface area contributed by atoms with Gasteiger partial charge in [-0.05, 0) is 37.1 Å². The van der Waals surface area contributed by atoms with Gasteiger partial charge in [0.15, 0.2) is 0 Å². The van der Waals surface area contributed by atoms with Gasteiger partial charge in [0.05, 0.1) is 12.0 Å². The van der Waals surface area contributed by atoms with Crippen LogP contribution < -0.4 is 0 Å². The van der Waals surface area contributed by atoms with E-state index in [9.17, 15) is 0 Å². The highest BCUT2D eigenvalue weighted by Crippen LogP contribution is 2.21. The third-order valence-corrected chi connectivity index (χ3v) is 1.91. The second-order valence-corrected chi connectivity index (χ2v) is 3.32. The van der Waals surface area contributed by atoms with Crippen molar-refractivity contribution in [1.29, 1.82) is 0 Å². The molecule has 0 amide bonds. The molecule has 1 aromatic carbocycles. The van der Waals surface area contributed by atoms with Crippen LogP contribution in [0, 0.1) is 13.8 Å². The highest BCUT2D eigenvalue weighted by atomic mass is 32.2. The number of benzene rings is 1. The van der Waals surface area contributed by atoms with Crippen molar-refractivity contribution >= 4 is 12.0 Å². The summed E-state index contributed by atoms with van der Waals surface area (Å²) in [5.41, 5.74) is 2.30. The van der Waals surface area contributed by atoms with E-state index in [1.165, 1.54) is 0 Å². The minimum atomic E-state index is 0.904. The molecule has 1 rings (SSSR count). The van der Waals surface area contributed by atoms with E-state index in [4.69, 9.17) is 5.26 Å². The molecule has 1 N–H and O–H groups in total. The number of aryl methyl sites for hydroxylation is 2. The Kier molecular flexibility index (Phi) is 3.55. The standard InChI is InChI=1S/C8H10O3S/c1-6-3-7(2)5-8(4-6)12-11-10-9/h3-5,9H,1-2H3. The monoisotopic (exact) mass is 186 g/mol. The van der Waals surface area contributed by atoms with Crippen LogP contribution in [0.5, 0.6) is 0 Å². The van der Waals surface area contributed by atoms with Gasteiger partial charge in [-0.3, -0.25) is 0 Å². The summed E-state index contributed by atoms with van der Waals surface area (Å²) in [6, 6.07) is 5.94. The maximum Gasteiger partial charge on any atom is 0.0714 e. The molecule has 0 saturated carbocycles. The van der Waals surface area contributed by atoms with Crippen LogP contribution in [0.15, 0.2) is 23.1 Å². The summed E-state index contributed by atoms with van der Waals surface area (Å²) in [6.45, 7) is 3.99. The lowest BCUT2D eigenvalue weighted by Crippen LogP contribution is -1.82. The Morgan fingerprint density at radius 1 is 1.17 bits per heavy atom. The first-order chi connectivity index (χ1) is 5.72. The molecule has 0 bridgehead atoms. The van der Waals surface area contributed by atoms with E-state index in [1.807, 2.05) is 26.0 Å². The summed E-state index contributed by atoms with van der Waals surface area (Å²) in [7, 11) is 0. The van der Waals surface area contributed by atoms with Crippen LogP contribution in [-0.4, -0.2) is 5.26 Å². The molecular formula is C8H10O3S. The van der Waals surface area contributed by atoms with E-state index < -0.39 is 0 Å². The Labute approximate surface area is 75.4 Å². The summed E-state index contributed by atoms with van der Waals surface area (Å²) in [4.78, 5) is 0.904. The van der Waals surface area contributed by atoms with Crippen molar-refractivity contribution in [3.8, 4) is 0 Å². The second kappa shape index (κ2) is 4.47. The first kappa shape index (κ1) is 9.54. The summed E-state index contributed by atoms with van der Waals surface area (Å²) in [5, 5.41) is 11.4. The smallest absolute Gasteiger partial charge is 0.0714 e. The summed E-state index contributed by atoms with van der Waals surface area (Å²) in [6.07, 6.45) is 0. The van der Waals surface area contributed by atoms with Gasteiger partial charge >= 0.3 is 0 Å². The zero-order chi connectivity index (χ0) is 8.97. The number of hydrogen-bond donors (Lipinski definition) is 1. The van der Waals surface area contributed by atoms with Gasteiger partial charge in [0.2, 0.25) is 0 Å². The molecule has 0 spiro atoms. The molecule has 0 aromatic heterocycles. The Hall–Kier alpha value is -0.550. The van der Waals surface area contributed by atoms with Crippen LogP contribution in [0.25, 0.3) is 0 Å². The predicted octanol–water partition coefficient (Wildman–Crippen LogP) is 2.73. The highest BCUT2D eigenvalue weighted by Gasteiger charge is 1.97. The first-order valence-corrected chi connectivity index (χ1v) is 4.19. The molecular weight excluding hydrogens is 176 g/mol. The molecule has 4 heteroatoms. The molecule has 1 aromatic rings. The van der Waals surface area contributed by atoms with Gasteiger partial charge in [0, 0.05) is 4.90 Å². The molecule has 0 aliphatic heterocycles. The van der Waals surface area contributed by atoms with Gasteiger partial charge in [-0.2, -0.15) is 0 Å². The lowest BCUT2D eigenvalue weighted by Gasteiger charge is -2.01. The topological polar surface area (TPSA) is 38.7 Å². The van der Waals surface area contributed by atoms with E-state index in [0.29, 0.717) is 0 Å². The Morgan fingerprint density at radius 2 is 1.75 bits per heavy atom. The van der Waals surface area contributed by atoms with E-state index in [2.05, 4.69) is 15.4 Å². The Bertz CT molecular complexity index is 242. The molecule has 0 radical (unpaired) electrons. The zero-order valence-corrected chi connectivity index (χ0v) is 7.72. The van der Waals surface area contributed by atoms with Gasteiger partial charge in [-0.25, -0.2) is 5.26 Å². The summed E-state index contributed by atoms with van der Waals surface area (Å²) >= 11 is 0.977. The molecule has 0 fully saturated rings. The van der Waals surface area contributed by atoms with Gasteiger partial charge in [0.25, 0.3) is 0 Å². The minimum Gasteiger partial charge on any atom is -0.220 e. The number of rotatable bonds is 3. The van der Waals surface area contributed by atoms with E-state index in [0.717, 1.165) is 28.1 Å². The van der Waals surface area contributed by atoms with Crippen molar-refractivity contribution in [3.63, 3.8) is 0 Å². The van der Waals surface area contributed by atoms with Crippen LogP contribution >= 0.6 is 12.0 Å². The summed E-state index contributed by atoms with van der Waals surface area (Å²) < 4.78 is 4.30. The van der Waals surface area contributed by atoms with Crippen LogP contribution in [0.2, 0.25) is 0 Å². The van der Waals surface area contributed by atoms with Gasteiger partial charge in [-0.15, -0.1) is 4.33 Å². The fraction of sp³-hybridized carbons (Fsp3) is 0.250. The third-order valence-electron chi connectivity index (χ3n) is 1.36. The molecule has 0 heterocycles. The zero-order valence-electron chi connectivity index (χ0n) is 6.90.